The van der Waals surface area contributed by atoms with Crippen LogP contribution >= 0.6 is 0 Å². The molecule has 0 atom stereocenters. The van der Waals surface area contributed by atoms with E-state index in [2.05, 4.69) is 33.0 Å². The fraction of sp³-hybridized carbons (Fsp3) is 0.524. The first-order valence-corrected chi connectivity index (χ1v) is 8.77. The lowest BCUT2D eigenvalue weighted by Crippen LogP contribution is -2.57. The summed E-state index contributed by atoms with van der Waals surface area (Å²) in [4.78, 5) is 0. The zero-order chi connectivity index (χ0) is 18.0. The molecule has 130 valence electrons. The van der Waals surface area contributed by atoms with Crippen molar-refractivity contribution in [2.45, 2.75) is 65.0 Å². The molecule has 1 fully saturated rings. The SMILES string of the molecule is Cc1ccccc1C(=N)/C=C\C(=N)CC1CC(C)(C)NC(C)(C)C1. The second kappa shape index (κ2) is 7.02. The summed E-state index contributed by atoms with van der Waals surface area (Å²) in [5.74, 6) is 0.515. The molecule has 1 aliphatic rings. The molecule has 1 heterocycles. The maximum atomic E-state index is 8.29. The van der Waals surface area contributed by atoms with Crippen LogP contribution in [0.1, 0.15) is 58.1 Å². The molecule has 3 nitrogen and oxygen atoms in total. The maximum absolute atomic E-state index is 8.29. The van der Waals surface area contributed by atoms with Crippen LogP contribution in [0, 0.1) is 23.7 Å². The summed E-state index contributed by atoms with van der Waals surface area (Å²) in [5.41, 5.74) is 3.36. The lowest BCUT2D eigenvalue weighted by Gasteiger charge is -2.46. The quantitative estimate of drug-likeness (QED) is 0.663. The average Bonchev–Trinajstić information content (AvgIpc) is 2.41. The fourth-order valence-electron chi connectivity index (χ4n) is 4.21. The van der Waals surface area contributed by atoms with Gasteiger partial charge in [0.05, 0.1) is 5.71 Å². The second-order valence-electron chi connectivity index (χ2n) is 8.46. The molecule has 0 saturated carbocycles. The van der Waals surface area contributed by atoms with Crippen LogP contribution < -0.4 is 5.32 Å². The average molecular weight is 326 g/mol. The van der Waals surface area contributed by atoms with E-state index < -0.39 is 0 Å². The van der Waals surface area contributed by atoms with E-state index >= 15 is 0 Å². The van der Waals surface area contributed by atoms with E-state index in [1.54, 1.807) is 12.2 Å². The van der Waals surface area contributed by atoms with Crippen molar-refractivity contribution in [3.63, 3.8) is 0 Å². The summed E-state index contributed by atoms with van der Waals surface area (Å²) in [7, 11) is 0. The Labute approximate surface area is 146 Å². The van der Waals surface area contributed by atoms with Gasteiger partial charge in [0.2, 0.25) is 0 Å². The van der Waals surface area contributed by atoms with Crippen molar-refractivity contribution >= 4 is 11.4 Å². The predicted octanol–water partition coefficient (Wildman–Crippen LogP) is 4.89. The van der Waals surface area contributed by atoms with E-state index in [1.807, 2.05) is 31.2 Å². The van der Waals surface area contributed by atoms with Gasteiger partial charge in [-0.1, -0.05) is 24.3 Å². The smallest absolute Gasteiger partial charge is 0.0615 e. The number of hydrogen-bond donors (Lipinski definition) is 3. The first-order chi connectivity index (χ1) is 11.1. The summed E-state index contributed by atoms with van der Waals surface area (Å²) >= 11 is 0. The highest BCUT2D eigenvalue weighted by molar-refractivity contribution is 6.10. The first-order valence-electron chi connectivity index (χ1n) is 8.77. The Morgan fingerprint density at radius 3 is 2.25 bits per heavy atom. The number of nitrogens with one attached hydrogen (secondary N) is 3. The van der Waals surface area contributed by atoms with E-state index in [4.69, 9.17) is 10.8 Å². The van der Waals surface area contributed by atoms with Gasteiger partial charge in [0.25, 0.3) is 0 Å². The largest absolute Gasteiger partial charge is 0.307 e. The second-order valence-corrected chi connectivity index (χ2v) is 8.46. The van der Waals surface area contributed by atoms with Crippen LogP contribution in [-0.2, 0) is 0 Å². The number of rotatable bonds is 5. The zero-order valence-corrected chi connectivity index (χ0v) is 15.7. The molecule has 0 aliphatic carbocycles. The standard InChI is InChI=1S/C21H31N3/c1-15-8-6-7-9-18(15)19(23)11-10-17(22)12-16-13-20(2,3)24-21(4,5)14-16/h6-11,16,22-24H,12-14H2,1-5H3/b11-10-,22-17?,23-19?. The summed E-state index contributed by atoms with van der Waals surface area (Å²) in [6.45, 7) is 11.0. The van der Waals surface area contributed by atoms with Crippen LogP contribution in [-0.4, -0.2) is 22.5 Å². The van der Waals surface area contributed by atoms with E-state index in [-0.39, 0.29) is 11.1 Å². The fourth-order valence-corrected chi connectivity index (χ4v) is 4.21. The molecule has 1 aliphatic heterocycles. The summed E-state index contributed by atoms with van der Waals surface area (Å²) in [6, 6.07) is 7.92. The number of aryl methyl sites for hydroxylation is 1. The molecule has 2 rings (SSSR count). The molecule has 1 saturated heterocycles. The number of allylic oxidation sites excluding steroid dienone is 2. The summed E-state index contributed by atoms with van der Waals surface area (Å²) in [5, 5.41) is 20.2. The minimum Gasteiger partial charge on any atom is -0.307 e. The zero-order valence-electron chi connectivity index (χ0n) is 15.7. The van der Waals surface area contributed by atoms with Crippen molar-refractivity contribution < 1.29 is 0 Å². The van der Waals surface area contributed by atoms with Gasteiger partial charge in [-0.15, -0.1) is 0 Å². The number of benzene rings is 1. The normalized spacial score (nSPS) is 20.2. The highest BCUT2D eigenvalue weighted by atomic mass is 15.0. The molecule has 0 aromatic heterocycles. The summed E-state index contributed by atoms with van der Waals surface area (Å²) < 4.78 is 0. The van der Waals surface area contributed by atoms with Gasteiger partial charge in [-0.25, -0.2) is 0 Å². The molecule has 0 spiro atoms. The van der Waals surface area contributed by atoms with Gasteiger partial charge >= 0.3 is 0 Å². The Morgan fingerprint density at radius 1 is 1.08 bits per heavy atom. The van der Waals surface area contributed by atoms with E-state index in [1.165, 1.54) is 0 Å². The van der Waals surface area contributed by atoms with Gasteiger partial charge in [-0.05, 0) is 77.5 Å². The Hall–Kier alpha value is -1.74. The van der Waals surface area contributed by atoms with Crippen molar-refractivity contribution in [1.82, 2.24) is 5.32 Å². The van der Waals surface area contributed by atoms with Crippen LogP contribution in [0.15, 0.2) is 36.4 Å². The molecule has 0 radical (unpaired) electrons. The highest BCUT2D eigenvalue weighted by Crippen LogP contribution is 2.34. The molecule has 3 N–H and O–H groups in total. The number of hydrogen-bond acceptors (Lipinski definition) is 3. The lowest BCUT2D eigenvalue weighted by atomic mass is 9.74. The van der Waals surface area contributed by atoms with E-state index in [9.17, 15) is 0 Å². The van der Waals surface area contributed by atoms with Gasteiger partial charge in [-0.2, -0.15) is 0 Å². The van der Waals surface area contributed by atoms with Crippen molar-refractivity contribution in [3.8, 4) is 0 Å². The molecule has 1 aromatic rings. The third-order valence-corrected chi connectivity index (χ3v) is 4.67. The maximum Gasteiger partial charge on any atom is 0.0615 e. The topological polar surface area (TPSA) is 59.7 Å². The Bertz CT molecular complexity index is 637. The minimum absolute atomic E-state index is 0.115. The summed E-state index contributed by atoms with van der Waals surface area (Å²) in [6.07, 6.45) is 6.52. The van der Waals surface area contributed by atoms with Gasteiger partial charge < -0.3 is 16.1 Å². The van der Waals surface area contributed by atoms with Crippen LogP contribution in [0.4, 0.5) is 0 Å². The van der Waals surface area contributed by atoms with Crippen LogP contribution in [0.25, 0.3) is 0 Å². The molecular weight excluding hydrogens is 294 g/mol. The molecule has 24 heavy (non-hydrogen) atoms. The molecular formula is C21H31N3. The van der Waals surface area contributed by atoms with E-state index in [0.717, 1.165) is 30.4 Å². The monoisotopic (exact) mass is 325 g/mol. The third-order valence-electron chi connectivity index (χ3n) is 4.67. The molecule has 1 aromatic carbocycles. The van der Waals surface area contributed by atoms with Crippen molar-refractivity contribution in [1.29, 1.82) is 10.8 Å². The lowest BCUT2D eigenvalue weighted by molar-refractivity contribution is 0.132. The third kappa shape index (κ3) is 5.13. The molecule has 0 bridgehead atoms. The van der Waals surface area contributed by atoms with Gasteiger partial charge in [0, 0.05) is 22.4 Å². The Balaban J connectivity index is 1.98. The Kier molecular flexibility index (Phi) is 5.44. The number of piperidine rings is 1. The van der Waals surface area contributed by atoms with Gasteiger partial charge in [-0.3, -0.25) is 0 Å². The Morgan fingerprint density at radius 2 is 1.67 bits per heavy atom. The van der Waals surface area contributed by atoms with Crippen LogP contribution in [0.5, 0.6) is 0 Å². The van der Waals surface area contributed by atoms with Crippen molar-refractivity contribution in [2.24, 2.45) is 5.92 Å². The van der Waals surface area contributed by atoms with Crippen LogP contribution in [0.3, 0.4) is 0 Å². The predicted molar refractivity (Wildman–Crippen MR) is 104 cm³/mol. The first kappa shape index (κ1) is 18.6. The van der Waals surface area contributed by atoms with Crippen molar-refractivity contribution in [2.75, 3.05) is 0 Å². The van der Waals surface area contributed by atoms with Crippen LogP contribution in [0.2, 0.25) is 0 Å². The molecule has 3 heteroatoms. The molecule has 0 unspecified atom stereocenters. The molecule has 0 amide bonds. The van der Waals surface area contributed by atoms with Crippen molar-refractivity contribution in [3.05, 3.63) is 47.5 Å². The van der Waals surface area contributed by atoms with E-state index in [0.29, 0.717) is 17.3 Å². The van der Waals surface area contributed by atoms with Gasteiger partial charge in [0.1, 0.15) is 0 Å². The minimum atomic E-state index is 0.115. The highest BCUT2D eigenvalue weighted by Gasteiger charge is 2.37. The van der Waals surface area contributed by atoms with Gasteiger partial charge in [0.15, 0.2) is 0 Å².